The maximum Gasteiger partial charge on any atom is 0.152 e. The lowest BCUT2D eigenvalue weighted by molar-refractivity contribution is 0.112. The summed E-state index contributed by atoms with van der Waals surface area (Å²) in [6.45, 7) is 2.14. The summed E-state index contributed by atoms with van der Waals surface area (Å²) in [6.07, 6.45) is 2.84. The number of aldehydes is 1. The summed E-state index contributed by atoms with van der Waals surface area (Å²) in [5, 5.41) is 8.95. The van der Waals surface area contributed by atoms with Gasteiger partial charge in [0.2, 0.25) is 0 Å². The number of nitrogens with zero attached hydrogens (tertiary/aromatic N) is 1. The van der Waals surface area contributed by atoms with Gasteiger partial charge in [0, 0.05) is 35.4 Å². The van der Waals surface area contributed by atoms with Gasteiger partial charge in [0.05, 0.1) is 0 Å². The van der Waals surface area contributed by atoms with Gasteiger partial charge in [-0.3, -0.25) is 4.79 Å². The molecular weight excluding hydrogens is 282 g/mol. The normalized spacial score (nSPS) is 19.6. The van der Waals surface area contributed by atoms with Crippen molar-refractivity contribution < 1.29 is 9.90 Å². The van der Waals surface area contributed by atoms with Gasteiger partial charge in [0.1, 0.15) is 0 Å². The molecule has 1 atom stereocenters. The van der Waals surface area contributed by atoms with Gasteiger partial charge in [-0.25, -0.2) is 0 Å². The number of anilines is 1. The third kappa shape index (κ3) is 2.87. The molecule has 92 valence electrons. The van der Waals surface area contributed by atoms with Gasteiger partial charge < -0.3 is 10.0 Å². The average molecular weight is 298 g/mol. The van der Waals surface area contributed by atoms with Crippen LogP contribution in [0.15, 0.2) is 22.7 Å². The molecule has 1 heterocycles. The Balaban J connectivity index is 2.17. The Morgan fingerprint density at radius 1 is 1.53 bits per heavy atom. The molecule has 0 aromatic heterocycles. The quantitative estimate of drug-likeness (QED) is 0.868. The third-order valence-corrected chi connectivity index (χ3v) is 3.78. The molecule has 1 aliphatic rings. The van der Waals surface area contributed by atoms with E-state index in [4.69, 9.17) is 5.11 Å². The molecular formula is C13H16BrNO2. The number of hydrogen-bond acceptors (Lipinski definition) is 3. The van der Waals surface area contributed by atoms with Crippen LogP contribution in [0.1, 0.15) is 23.2 Å². The van der Waals surface area contributed by atoms with Crippen molar-refractivity contribution in [2.75, 3.05) is 24.6 Å². The second-order valence-electron chi connectivity index (χ2n) is 4.43. The van der Waals surface area contributed by atoms with E-state index in [0.29, 0.717) is 5.92 Å². The van der Waals surface area contributed by atoms with E-state index in [0.717, 1.165) is 47.9 Å². The number of aliphatic hydroxyl groups is 1. The van der Waals surface area contributed by atoms with Crippen molar-refractivity contribution in [2.45, 2.75) is 12.8 Å². The Kier molecular flexibility index (Phi) is 4.18. The SMILES string of the molecule is O=Cc1ccc(Br)cc1N1CCC(CCO)C1. The van der Waals surface area contributed by atoms with Crippen LogP contribution in [0.3, 0.4) is 0 Å². The predicted octanol–water partition coefficient (Wildman–Crippen LogP) is 2.47. The standard InChI is InChI=1S/C13H16BrNO2/c14-12-2-1-11(9-17)13(7-12)15-5-3-10(8-15)4-6-16/h1-2,7,9-10,16H,3-6,8H2. The molecule has 0 saturated carbocycles. The molecule has 17 heavy (non-hydrogen) atoms. The molecule has 0 amide bonds. The van der Waals surface area contributed by atoms with E-state index in [1.54, 1.807) is 0 Å². The Bertz CT molecular complexity index is 408. The number of hydrogen-bond donors (Lipinski definition) is 1. The summed E-state index contributed by atoms with van der Waals surface area (Å²) in [5.41, 5.74) is 1.73. The van der Waals surface area contributed by atoms with Crippen molar-refractivity contribution in [1.29, 1.82) is 0 Å². The zero-order chi connectivity index (χ0) is 12.3. The third-order valence-electron chi connectivity index (χ3n) is 3.28. The first kappa shape index (κ1) is 12.6. The van der Waals surface area contributed by atoms with E-state index in [1.165, 1.54) is 0 Å². The van der Waals surface area contributed by atoms with E-state index in [2.05, 4.69) is 20.8 Å². The maximum absolute atomic E-state index is 11.0. The van der Waals surface area contributed by atoms with Crippen molar-refractivity contribution in [3.05, 3.63) is 28.2 Å². The Hall–Kier alpha value is -0.870. The van der Waals surface area contributed by atoms with Crippen molar-refractivity contribution in [3.63, 3.8) is 0 Å². The summed E-state index contributed by atoms with van der Waals surface area (Å²) >= 11 is 3.44. The largest absolute Gasteiger partial charge is 0.396 e. The second-order valence-corrected chi connectivity index (χ2v) is 5.35. The second kappa shape index (κ2) is 5.65. The molecule has 1 aromatic carbocycles. The molecule has 3 nitrogen and oxygen atoms in total. The van der Waals surface area contributed by atoms with Crippen LogP contribution in [0.25, 0.3) is 0 Å². The van der Waals surface area contributed by atoms with Crippen LogP contribution in [0.2, 0.25) is 0 Å². The summed E-state index contributed by atoms with van der Waals surface area (Å²) in [5.74, 6) is 0.540. The Morgan fingerprint density at radius 2 is 2.35 bits per heavy atom. The monoisotopic (exact) mass is 297 g/mol. The summed E-state index contributed by atoms with van der Waals surface area (Å²) in [7, 11) is 0. The molecule has 1 fully saturated rings. The topological polar surface area (TPSA) is 40.5 Å². The zero-order valence-electron chi connectivity index (χ0n) is 9.60. The molecule has 1 aromatic rings. The highest BCUT2D eigenvalue weighted by molar-refractivity contribution is 9.10. The van der Waals surface area contributed by atoms with Crippen LogP contribution < -0.4 is 4.90 Å². The van der Waals surface area contributed by atoms with Gasteiger partial charge in [-0.15, -0.1) is 0 Å². The highest BCUT2D eigenvalue weighted by Crippen LogP contribution is 2.30. The number of halogens is 1. The van der Waals surface area contributed by atoms with Gasteiger partial charge >= 0.3 is 0 Å². The molecule has 0 spiro atoms. The smallest absolute Gasteiger partial charge is 0.152 e. The highest BCUT2D eigenvalue weighted by atomic mass is 79.9. The van der Waals surface area contributed by atoms with Crippen molar-refractivity contribution in [1.82, 2.24) is 0 Å². The van der Waals surface area contributed by atoms with Crippen molar-refractivity contribution >= 4 is 27.9 Å². The van der Waals surface area contributed by atoms with Gasteiger partial charge in [-0.05, 0) is 37.0 Å². The minimum Gasteiger partial charge on any atom is -0.396 e. The molecule has 2 rings (SSSR count). The lowest BCUT2D eigenvalue weighted by atomic mass is 10.1. The minimum absolute atomic E-state index is 0.248. The fraction of sp³-hybridized carbons (Fsp3) is 0.462. The van der Waals surface area contributed by atoms with Crippen molar-refractivity contribution in [2.24, 2.45) is 5.92 Å². The van der Waals surface area contributed by atoms with Crippen molar-refractivity contribution in [3.8, 4) is 0 Å². The molecule has 4 heteroatoms. The molecule has 0 bridgehead atoms. The van der Waals surface area contributed by atoms with Crippen LogP contribution in [-0.4, -0.2) is 31.1 Å². The molecule has 1 N–H and O–H groups in total. The predicted molar refractivity (Wildman–Crippen MR) is 71.6 cm³/mol. The van der Waals surface area contributed by atoms with E-state index in [1.807, 2.05) is 18.2 Å². The number of carbonyl (C=O) groups excluding carboxylic acids is 1. The average Bonchev–Trinajstić information content (AvgIpc) is 2.78. The Labute approximate surface area is 110 Å². The molecule has 1 saturated heterocycles. The van der Waals surface area contributed by atoms with Crippen LogP contribution >= 0.6 is 15.9 Å². The Morgan fingerprint density at radius 3 is 3.06 bits per heavy atom. The number of carbonyl (C=O) groups is 1. The maximum atomic E-state index is 11.0. The summed E-state index contributed by atoms with van der Waals surface area (Å²) < 4.78 is 0.990. The summed E-state index contributed by atoms with van der Waals surface area (Å²) in [6, 6.07) is 5.71. The first-order chi connectivity index (χ1) is 8.24. The fourth-order valence-electron chi connectivity index (χ4n) is 2.36. The fourth-order valence-corrected chi connectivity index (χ4v) is 2.71. The van der Waals surface area contributed by atoms with Gasteiger partial charge in [-0.1, -0.05) is 15.9 Å². The minimum atomic E-state index is 0.248. The molecule has 1 aliphatic heterocycles. The van der Waals surface area contributed by atoms with Crippen LogP contribution in [0, 0.1) is 5.92 Å². The van der Waals surface area contributed by atoms with Gasteiger partial charge in [0.25, 0.3) is 0 Å². The first-order valence-corrected chi connectivity index (χ1v) is 6.64. The molecule has 0 radical (unpaired) electrons. The molecule has 0 aliphatic carbocycles. The van der Waals surface area contributed by atoms with Gasteiger partial charge in [-0.2, -0.15) is 0 Å². The lowest BCUT2D eigenvalue weighted by Gasteiger charge is -2.20. The number of aliphatic hydroxyl groups excluding tert-OH is 1. The van der Waals surface area contributed by atoms with Crippen LogP contribution in [0.4, 0.5) is 5.69 Å². The molecule has 1 unspecified atom stereocenters. The van der Waals surface area contributed by atoms with E-state index < -0.39 is 0 Å². The number of benzene rings is 1. The highest BCUT2D eigenvalue weighted by Gasteiger charge is 2.23. The zero-order valence-corrected chi connectivity index (χ0v) is 11.2. The van der Waals surface area contributed by atoms with E-state index in [-0.39, 0.29) is 6.61 Å². The van der Waals surface area contributed by atoms with E-state index in [9.17, 15) is 4.79 Å². The lowest BCUT2D eigenvalue weighted by Crippen LogP contribution is -2.21. The van der Waals surface area contributed by atoms with Crippen LogP contribution in [-0.2, 0) is 0 Å². The summed E-state index contributed by atoms with van der Waals surface area (Å²) in [4.78, 5) is 13.3. The number of rotatable bonds is 4. The first-order valence-electron chi connectivity index (χ1n) is 5.85. The van der Waals surface area contributed by atoms with Gasteiger partial charge in [0.15, 0.2) is 6.29 Å². The van der Waals surface area contributed by atoms with E-state index >= 15 is 0 Å². The van der Waals surface area contributed by atoms with Crippen LogP contribution in [0.5, 0.6) is 0 Å².